The lowest BCUT2D eigenvalue weighted by Gasteiger charge is -2.36. The number of nitrogens with one attached hydrogen (secondary N) is 1. The van der Waals surface area contributed by atoms with E-state index in [0.717, 1.165) is 42.5 Å². The van der Waals surface area contributed by atoms with E-state index in [0.29, 0.717) is 5.95 Å². The fourth-order valence-electron chi connectivity index (χ4n) is 2.81. The Balaban J connectivity index is 2.13. The molecule has 106 valence electrons. The number of benzene rings is 1. The van der Waals surface area contributed by atoms with Gasteiger partial charge in [-0.1, -0.05) is 12.1 Å². The summed E-state index contributed by atoms with van der Waals surface area (Å²) < 4.78 is 0. The van der Waals surface area contributed by atoms with Crippen LogP contribution in [0.1, 0.15) is 19.3 Å². The van der Waals surface area contributed by atoms with Gasteiger partial charge in [0.15, 0.2) is 0 Å². The number of hydrogen-bond acceptors (Lipinski definition) is 6. The zero-order valence-electron chi connectivity index (χ0n) is 11.3. The molecule has 4 N–H and O–H groups in total. The molecule has 1 aliphatic heterocycles. The Morgan fingerprint density at radius 1 is 1.30 bits per heavy atom. The largest absolute Gasteiger partial charge is 0.394 e. The zero-order valence-corrected chi connectivity index (χ0v) is 11.3. The van der Waals surface area contributed by atoms with Gasteiger partial charge in [-0.05, 0) is 31.4 Å². The Morgan fingerprint density at radius 3 is 2.95 bits per heavy atom. The molecule has 1 unspecified atom stereocenters. The van der Waals surface area contributed by atoms with E-state index in [2.05, 4.69) is 20.3 Å². The number of rotatable bonds is 3. The molecule has 1 aromatic carbocycles. The third kappa shape index (κ3) is 2.28. The number of nitrogens with two attached hydrogens (primary N) is 1. The van der Waals surface area contributed by atoms with Crippen LogP contribution in [0.5, 0.6) is 0 Å². The van der Waals surface area contributed by atoms with Crippen molar-refractivity contribution in [2.24, 2.45) is 5.84 Å². The van der Waals surface area contributed by atoms with Crippen LogP contribution in [0.15, 0.2) is 24.3 Å². The number of aromatic nitrogens is 2. The summed E-state index contributed by atoms with van der Waals surface area (Å²) in [5, 5.41) is 10.6. The fraction of sp³-hybridized carbons (Fsp3) is 0.429. The minimum atomic E-state index is 0.118. The average Bonchev–Trinajstić information content (AvgIpc) is 2.53. The van der Waals surface area contributed by atoms with Crippen molar-refractivity contribution in [3.63, 3.8) is 0 Å². The van der Waals surface area contributed by atoms with Gasteiger partial charge in [-0.15, -0.1) is 0 Å². The molecule has 20 heavy (non-hydrogen) atoms. The first-order valence-corrected chi connectivity index (χ1v) is 6.94. The first kappa shape index (κ1) is 13.1. The number of fused-ring (bicyclic) bond motifs is 1. The van der Waals surface area contributed by atoms with E-state index in [4.69, 9.17) is 5.84 Å². The molecular formula is C14H19N5O. The molecule has 1 aliphatic rings. The first-order valence-electron chi connectivity index (χ1n) is 6.94. The molecule has 1 atom stereocenters. The molecule has 0 bridgehead atoms. The van der Waals surface area contributed by atoms with E-state index < -0.39 is 0 Å². The average molecular weight is 273 g/mol. The summed E-state index contributed by atoms with van der Waals surface area (Å²) in [5.74, 6) is 6.72. The van der Waals surface area contributed by atoms with Crippen molar-refractivity contribution in [1.29, 1.82) is 0 Å². The van der Waals surface area contributed by atoms with Crippen LogP contribution in [0.25, 0.3) is 10.9 Å². The van der Waals surface area contributed by atoms with Gasteiger partial charge in [0.05, 0.1) is 18.2 Å². The number of nitrogen functional groups attached to an aromatic ring is 1. The number of para-hydroxylation sites is 1. The summed E-state index contributed by atoms with van der Waals surface area (Å²) in [7, 11) is 0. The third-order valence-corrected chi connectivity index (χ3v) is 3.82. The summed E-state index contributed by atoms with van der Waals surface area (Å²) in [4.78, 5) is 11.0. The maximum Gasteiger partial charge on any atom is 0.239 e. The maximum atomic E-state index is 9.60. The van der Waals surface area contributed by atoms with Crippen molar-refractivity contribution >= 4 is 22.7 Å². The molecule has 3 rings (SSSR count). The lowest BCUT2D eigenvalue weighted by Crippen LogP contribution is -2.42. The Kier molecular flexibility index (Phi) is 3.66. The highest BCUT2D eigenvalue weighted by Gasteiger charge is 2.25. The molecule has 6 nitrogen and oxygen atoms in total. The van der Waals surface area contributed by atoms with Gasteiger partial charge in [0, 0.05) is 11.9 Å². The molecule has 1 saturated heterocycles. The summed E-state index contributed by atoms with van der Waals surface area (Å²) in [6.45, 7) is 1.04. The second kappa shape index (κ2) is 5.60. The summed E-state index contributed by atoms with van der Waals surface area (Å²) in [6, 6.07) is 7.99. The molecule has 2 aromatic rings. The molecule has 0 amide bonds. The molecule has 0 aliphatic carbocycles. The fourth-order valence-corrected chi connectivity index (χ4v) is 2.81. The van der Waals surface area contributed by atoms with E-state index in [1.54, 1.807) is 0 Å². The quantitative estimate of drug-likeness (QED) is 0.576. The van der Waals surface area contributed by atoms with Crippen LogP contribution in [0.4, 0.5) is 11.8 Å². The normalized spacial score (nSPS) is 19.3. The lowest BCUT2D eigenvalue weighted by molar-refractivity contribution is 0.239. The van der Waals surface area contributed by atoms with Crippen LogP contribution in [0, 0.1) is 0 Å². The SMILES string of the molecule is NNc1nc(N2CCCCC2CO)c2ccccc2n1. The zero-order chi connectivity index (χ0) is 13.9. The van der Waals surface area contributed by atoms with Gasteiger partial charge >= 0.3 is 0 Å². The monoisotopic (exact) mass is 273 g/mol. The number of aliphatic hydroxyl groups excluding tert-OH is 1. The van der Waals surface area contributed by atoms with E-state index in [-0.39, 0.29) is 12.6 Å². The van der Waals surface area contributed by atoms with Gasteiger partial charge in [-0.25, -0.2) is 10.8 Å². The molecule has 2 heterocycles. The van der Waals surface area contributed by atoms with Crippen molar-refractivity contribution in [3.8, 4) is 0 Å². The van der Waals surface area contributed by atoms with Crippen molar-refractivity contribution in [2.45, 2.75) is 25.3 Å². The lowest BCUT2D eigenvalue weighted by atomic mass is 10.0. The highest BCUT2D eigenvalue weighted by Crippen LogP contribution is 2.30. The van der Waals surface area contributed by atoms with Crippen LogP contribution in [-0.2, 0) is 0 Å². The van der Waals surface area contributed by atoms with E-state index in [9.17, 15) is 5.11 Å². The maximum absolute atomic E-state index is 9.60. The Labute approximate surface area is 117 Å². The Morgan fingerprint density at radius 2 is 2.15 bits per heavy atom. The Bertz CT molecular complexity index is 603. The van der Waals surface area contributed by atoms with Gasteiger partial charge in [0.2, 0.25) is 5.95 Å². The summed E-state index contributed by atoms with van der Waals surface area (Å²) in [6.07, 6.45) is 3.24. The summed E-state index contributed by atoms with van der Waals surface area (Å²) >= 11 is 0. The second-order valence-corrected chi connectivity index (χ2v) is 5.06. The minimum absolute atomic E-state index is 0.118. The standard InChI is InChI=1S/C14H19N5O/c15-18-14-16-12-7-2-1-6-11(12)13(17-14)19-8-4-3-5-10(19)9-20/h1-2,6-7,10,20H,3-5,8-9,15H2,(H,16,17,18). The molecular weight excluding hydrogens is 254 g/mol. The molecule has 0 saturated carbocycles. The van der Waals surface area contributed by atoms with E-state index in [1.807, 2.05) is 24.3 Å². The van der Waals surface area contributed by atoms with Gasteiger partial charge < -0.3 is 10.0 Å². The number of anilines is 2. The molecule has 1 fully saturated rings. The van der Waals surface area contributed by atoms with Gasteiger partial charge in [0.25, 0.3) is 0 Å². The van der Waals surface area contributed by atoms with Gasteiger partial charge in [-0.2, -0.15) is 4.98 Å². The highest BCUT2D eigenvalue weighted by molar-refractivity contribution is 5.90. The molecule has 6 heteroatoms. The predicted molar refractivity (Wildman–Crippen MR) is 79.4 cm³/mol. The molecule has 1 aromatic heterocycles. The van der Waals surface area contributed by atoms with Crippen LogP contribution in [0.2, 0.25) is 0 Å². The van der Waals surface area contributed by atoms with Crippen LogP contribution < -0.4 is 16.2 Å². The molecule has 0 spiro atoms. The van der Waals surface area contributed by atoms with Crippen molar-refractivity contribution in [3.05, 3.63) is 24.3 Å². The summed E-state index contributed by atoms with van der Waals surface area (Å²) in [5.41, 5.74) is 3.37. The first-order chi connectivity index (χ1) is 9.83. The van der Waals surface area contributed by atoms with Crippen LogP contribution >= 0.6 is 0 Å². The van der Waals surface area contributed by atoms with Crippen LogP contribution in [0.3, 0.4) is 0 Å². The smallest absolute Gasteiger partial charge is 0.239 e. The van der Waals surface area contributed by atoms with Crippen molar-refractivity contribution in [2.75, 3.05) is 23.5 Å². The number of hydrogen-bond donors (Lipinski definition) is 3. The predicted octanol–water partition coefficient (Wildman–Crippen LogP) is 1.27. The number of hydrazine groups is 1. The number of piperidine rings is 1. The third-order valence-electron chi connectivity index (χ3n) is 3.82. The van der Waals surface area contributed by atoms with Gasteiger partial charge in [0.1, 0.15) is 5.82 Å². The Hall–Kier alpha value is -1.92. The van der Waals surface area contributed by atoms with E-state index in [1.165, 1.54) is 0 Å². The topological polar surface area (TPSA) is 87.3 Å². The van der Waals surface area contributed by atoms with E-state index >= 15 is 0 Å². The highest BCUT2D eigenvalue weighted by atomic mass is 16.3. The minimum Gasteiger partial charge on any atom is -0.394 e. The van der Waals surface area contributed by atoms with Gasteiger partial charge in [-0.3, -0.25) is 5.43 Å². The second-order valence-electron chi connectivity index (χ2n) is 5.06. The van der Waals surface area contributed by atoms with Crippen molar-refractivity contribution in [1.82, 2.24) is 9.97 Å². The molecule has 0 radical (unpaired) electrons. The number of aliphatic hydroxyl groups is 1. The van der Waals surface area contributed by atoms with Crippen LogP contribution in [-0.4, -0.2) is 34.3 Å². The number of nitrogens with zero attached hydrogens (tertiary/aromatic N) is 3. The van der Waals surface area contributed by atoms with Crippen molar-refractivity contribution < 1.29 is 5.11 Å².